The van der Waals surface area contributed by atoms with Crippen molar-refractivity contribution in [3.63, 3.8) is 0 Å². The molecule has 2 heterocycles. The number of carbonyl (C=O) groups is 3. The lowest BCUT2D eigenvalue weighted by atomic mass is 9.64. The number of hydrogen-bond acceptors (Lipinski definition) is 7. The topological polar surface area (TPSA) is 82.1 Å². The summed E-state index contributed by atoms with van der Waals surface area (Å²) < 4.78 is 16.8. The Bertz CT molecular complexity index is 1530. The number of hydrogen-bond donors (Lipinski definition) is 0. The van der Waals surface area contributed by atoms with E-state index >= 15 is 0 Å². The molecule has 3 aromatic carbocycles. The summed E-state index contributed by atoms with van der Waals surface area (Å²) in [4.78, 5) is 44.6. The number of halogens is 1. The lowest BCUT2D eigenvalue weighted by molar-refractivity contribution is -0.118. The average molecular weight is 544 g/mol. The van der Waals surface area contributed by atoms with Crippen LogP contribution in [0.25, 0.3) is 6.08 Å². The Balaban J connectivity index is 1.69. The molecule has 0 amide bonds. The zero-order valence-electron chi connectivity index (χ0n) is 21.9. The van der Waals surface area contributed by atoms with E-state index in [1.807, 2.05) is 29.2 Å². The highest BCUT2D eigenvalue weighted by Crippen LogP contribution is 2.61. The van der Waals surface area contributed by atoms with Gasteiger partial charge in [0.1, 0.15) is 5.41 Å². The number of carbonyl (C=O) groups excluding carboxylic acids is 3. The number of methoxy groups -OCH3 is 3. The Morgan fingerprint density at radius 3 is 2.05 bits per heavy atom. The number of fused-ring (bicyclic) bond motifs is 5. The first-order valence-electron chi connectivity index (χ1n) is 12.5. The zero-order chi connectivity index (χ0) is 27.6. The summed E-state index contributed by atoms with van der Waals surface area (Å²) in [5, 5.41) is 0.548. The highest BCUT2D eigenvalue weighted by atomic mass is 35.5. The summed E-state index contributed by atoms with van der Waals surface area (Å²) in [5.74, 6) is -0.527. The van der Waals surface area contributed by atoms with Crippen LogP contribution in [0.15, 0.2) is 60.7 Å². The molecular formula is C31H26ClNO6. The number of ketones is 3. The molecule has 3 aliphatic rings. The number of benzene rings is 3. The van der Waals surface area contributed by atoms with E-state index in [9.17, 15) is 14.4 Å². The molecule has 1 aliphatic carbocycles. The second kappa shape index (κ2) is 8.99. The van der Waals surface area contributed by atoms with Gasteiger partial charge in [-0.3, -0.25) is 14.4 Å². The van der Waals surface area contributed by atoms with Gasteiger partial charge in [0.15, 0.2) is 28.8 Å². The van der Waals surface area contributed by atoms with Crippen LogP contribution in [0.4, 0.5) is 5.69 Å². The van der Waals surface area contributed by atoms with Crippen LogP contribution in [0.5, 0.6) is 17.2 Å². The number of anilines is 1. The van der Waals surface area contributed by atoms with Crippen molar-refractivity contribution in [2.75, 3.05) is 26.2 Å². The first kappa shape index (κ1) is 25.2. The molecule has 1 fully saturated rings. The van der Waals surface area contributed by atoms with Gasteiger partial charge in [0.2, 0.25) is 5.75 Å². The molecule has 1 saturated heterocycles. The van der Waals surface area contributed by atoms with Crippen molar-refractivity contribution in [2.45, 2.75) is 24.9 Å². The Morgan fingerprint density at radius 1 is 0.897 bits per heavy atom. The standard InChI is InChI=1S/C31H26ClNO6/c1-16(34)27-26(18-14-23(37-2)28(39-4)24(15-18)38-3)31(29(35)20-7-5-6-8-21(20)30(31)36)25-12-9-17-13-19(32)10-11-22(17)33(25)27/h5-15,25-27H,1-4H3/t25-,26-,27-/m0/s1. The molecule has 0 unspecified atom stereocenters. The first-order chi connectivity index (χ1) is 18.8. The summed E-state index contributed by atoms with van der Waals surface area (Å²) in [6, 6.07) is 14.2. The van der Waals surface area contributed by atoms with Gasteiger partial charge in [-0.15, -0.1) is 0 Å². The monoisotopic (exact) mass is 543 g/mol. The summed E-state index contributed by atoms with van der Waals surface area (Å²) in [6.45, 7) is 1.50. The minimum Gasteiger partial charge on any atom is -0.493 e. The van der Waals surface area contributed by atoms with Crippen LogP contribution < -0.4 is 19.1 Å². The molecule has 0 bridgehead atoms. The second-order valence-electron chi connectivity index (χ2n) is 9.98. The Labute approximate surface area is 230 Å². The molecule has 39 heavy (non-hydrogen) atoms. The fourth-order valence-electron chi connectivity index (χ4n) is 6.75. The maximum Gasteiger partial charge on any atom is 0.203 e. The van der Waals surface area contributed by atoms with Crippen LogP contribution in [-0.4, -0.2) is 50.8 Å². The van der Waals surface area contributed by atoms with Gasteiger partial charge < -0.3 is 19.1 Å². The third-order valence-electron chi connectivity index (χ3n) is 8.23. The third kappa shape index (κ3) is 3.26. The van der Waals surface area contributed by atoms with E-state index in [4.69, 9.17) is 25.8 Å². The van der Waals surface area contributed by atoms with E-state index in [1.54, 1.807) is 42.5 Å². The maximum atomic E-state index is 14.5. The van der Waals surface area contributed by atoms with E-state index < -0.39 is 23.4 Å². The minimum atomic E-state index is -1.60. The zero-order valence-corrected chi connectivity index (χ0v) is 22.6. The predicted molar refractivity (Wildman–Crippen MR) is 148 cm³/mol. The smallest absolute Gasteiger partial charge is 0.203 e. The number of rotatable bonds is 5. The largest absolute Gasteiger partial charge is 0.493 e. The lowest BCUT2D eigenvalue weighted by Gasteiger charge is -2.37. The van der Waals surface area contributed by atoms with Gasteiger partial charge in [0.05, 0.1) is 33.4 Å². The van der Waals surface area contributed by atoms with Crippen molar-refractivity contribution in [1.29, 1.82) is 0 Å². The average Bonchev–Trinajstić information content (AvgIpc) is 3.38. The summed E-state index contributed by atoms with van der Waals surface area (Å²) >= 11 is 6.30. The van der Waals surface area contributed by atoms with Crippen LogP contribution in [0.1, 0.15) is 44.7 Å². The quantitative estimate of drug-likeness (QED) is 0.399. The van der Waals surface area contributed by atoms with Gasteiger partial charge in [-0.25, -0.2) is 0 Å². The number of ether oxygens (including phenoxy) is 3. The minimum absolute atomic E-state index is 0.177. The highest BCUT2D eigenvalue weighted by molar-refractivity contribution is 6.32. The molecule has 0 N–H and O–H groups in total. The molecule has 8 heteroatoms. The molecule has 1 spiro atoms. The van der Waals surface area contributed by atoms with Crippen LogP contribution in [0.3, 0.4) is 0 Å². The molecule has 0 aromatic heterocycles. The van der Waals surface area contributed by atoms with Gasteiger partial charge in [0, 0.05) is 27.8 Å². The van der Waals surface area contributed by atoms with Crippen molar-refractivity contribution in [1.82, 2.24) is 0 Å². The third-order valence-corrected chi connectivity index (χ3v) is 8.46. The second-order valence-corrected chi connectivity index (χ2v) is 10.4. The van der Waals surface area contributed by atoms with E-state index in [0.29, 0.717) is 39.0 Å². The molecule has 0 radical (unpaired) electrons. The molecule has 2 aliphatic heterocycles. The predicted octanol–water partition coefficient (Wildman–Crippen LogP) is 5.39. The molecule has 7 nitrogen and oxygen atoms in total. The van der Waals surface area contributed by atoms with Crippen LogP contribution in [-0.2, 0) is 4.79 Å². The van der Waals surface area contributed by atoms with Gasteiger partial charge in [-0.1, -0.05) is 48.0 Å². The molecule has 0 saturated carbocycles. The SMILES string of the molecule is COc1cc([C@H]2[C@H](C(C)=O)N3c4ccc(Cl)cc4C=C[C@H]3C23C(=O)c2ccccc2C3=O)cc(OC)c1OC. The summed E-state index contributed by atoms with van der Waals surface area (Å²) in [6.07, 6.45) is 3.73. The van der Waals surface area contributed by atoms with Crippen molar-refractivity contribution in [3.05, 3.63) is 87.9 Å². The van der Waals surface area contributed by atoms with Crippen molar-refractivity contribution in [3.8, 4) is 17.2 Å². The van der Waals surface area contributed by atoms with Crippen molar-refractivity contribution >= 4 is 40.7 Å². The van der Waals surface area contributed by atoms with Crippen LogP contribution in [0.2, 0.25) is 5.02 Å². The Morgan fingerprint density at radius 2 is 1.51 bits per heavy atom. The van der Waals surface area contributed by atoms with E-state index in [2.05, 4.69) is 0 Å². The van der Waals surface area contributed by atoms with Crippen molar-refractivity contribution in [2.24, 2.45) is 5.41 Å². The lowest BCUT2D eigenvalue weighted by Crippen LogP contribution is -2.48. The van der Waals surface area contributed by atoms with Gasteiger partial charge >= 0.3 is 0 Å². The number of nitrogens with zero attached hydrogens (tertiary/aromatic N) is 1. The van der Waals surface area contributed by atoms with Crippen LogP contribution in [0, 0.1) is 5.41 Å². The molecule has 3 atom stereocenters. The first-order valence-corrected chi connectivity index (χ1v) is 12.9. The highest BCUT2D eigenvalue weighted by Gasteiger charge is 2.71. The van der Waals surface area contributed by atoms with Gasteiger partial charge in [-0.2, -0.15) is 0 Å². The van der Waals surface area contributed by atoms with Crippen molar-refractivity contribution < 1.29 is 28.6 Å². The van der Waals surface area contributed by atoms with E-state index in [1.165, 1.54) is 28.3 Å². The van der Waals surface area contributed by atoms with E-state index in [-0.39, 0.29) is 17.3 Å². The normalized spacial score (nSPS) is 22.0. The fraction of sp³-hybridized carbons (Fsp3) is 0.258. The maximum absolute atomic E-state index is 14.5. The molecule has 198 valence electrons. The Hall–Kier alpha value is -4.10. The van der Waals surface area contributed by atoms with Gasteiger partial charge in [-0.05, 0) is 48.4 Å². The fourth-order valence-corrected chi connectivity index (χ4v) is 6.94. The number of Topliss-reactive ketones (excluding diaryl/α,β-unsaturated/α-hetero) is 3. The Kier molecular flexibility index (Phi) is 5.81. The van der Waals surface area contributed by atoms with Crippen LogP contribution >= 0.6 is 11.6 Å². The molecular weight excluding hydrogens is 518 g/mol. The molecule has 6 rings (SSSR count). The molecule has 3 aromatic rings. The summed E-state index contributed by atoms with van der Waals surface area (Å²) in [5.41, 5.74) is 1.23. The van der Waals surface area contributed by atoms with Gasteiger partial charge in [0.25, 0.3) is 0 Å². The van der Waals surface area contributed by atoms with E-state index in [0.717, 1.165) is 11.3 Å². The summed E-state index contributed by atoms with van der Waals surface area (Å²) in [7, 11) is 4.51.